The van der Waals surface area contributed by atoms with Crippen molar-refractivity contribution in [3.05, 3.63) is 34.9 Å². The number of carbonyl (C=O) groups excluding carboxylic acids is 1. The van der Waals surface area contributed by atoms with E-state index in [1.165, 1.54) is 22.9 Å². The van der Waals surface area contributed by atoms with Crippen molar-refractivity contribution in [1.82, 2.24) is 9.88 Å². The van der Waals surface area contributed by atoms with Gasteiger partial charge in [-0.25, -0.2) is 4.98 Å². The Bertz CT molecular complexity index is 772. The second-order valence-corrected chi connectivity index (χ2v) is 7.94. The molecule has 2 aromatic rings. The average molecular weight is 343 g/mol. The molecule has 1 atom stereocenters. The lowest BCUT2D eigenvalue weighted by molar-refractivity contribution is -0.131. The molecule has 24 heavy (non-hydrogen) atoms. The quantitative estimate of drug-likeness (QED) is 0.761. The van der Waals surface area contributed by atoms with Crippen molar-refractivity contribution in [1.29, 1.82) is 0 Å². The van der Waals surface area contributed by atoms with E-state index in [0.29, 0.717) is 11.8 Å². The second kappa shape index (κ2) is 7.14. The number of likely N-dealkylation sites (tertiary alicyclic amines) is 1. The highest BCUT2D eigenvalue weighted by Gasteiger charge is 2.23. The lowest BCUT2D eigenvalue weighted by Gasteiger charge is -2.33. The lowest BCUT2D eigenvalue weighted by Crippen LogP contribution is -2.42. The summed E-state index contributed by atoms with van der Waals surface area (Å²) in [6, 6.07) is 6.90. The molecule has 1 saturated heterocycles. The monoisotopic (exact) mass is 342 g/mol. The van der Waals surface area contributed by atoms with Crippen molar-refractivity contribution in [2.75, 3.05) is 12.3 Å². The molecule has 0 saturated carbocycles. The third-order valence-corrected chi connectivity index (χ3v) is 5.96. The predicted molar refractivity (Wildman–Crippen MR) is 102 cm³/mol. The summed E-state index contributed by atoms with van der Waals surface area (Å²) in [4.78, 5) is 19.4. The Morgan fingerprint density at radius 3 is 2.75 bits per heavy atom. The number of amides is 1. The fourth-order valence-electron chi connectivity index (χ4n) is 3.54. The maximum absolute atomic E-state index is 12.5. The number of aryl methyl sites for hydroxylation is 3. The number of carbonyl (C=O) groups is 1. The van der Waals surface area contributed by atoms with Crippen molar-refractivity contribution < 1.29 is 4.79 Å². The van der Waals surface area contributed by atoms with E-state index < -0.39 is 0 Å². The molecule has 1 amide bonds. The summed E-state index contributed by atoms with van der Waals surface area (Å²) < 4.78 is 0. The molecule has 2 heterocycles. The zero-order chi connectivity index (χ0) is 17.3. The van der Waals surface area contributed by atoms with Crippen molar-refractivity contribution in [3.63, 3.8) is 0 Å². The number of hydrogen-bond donors (Lipinski definition) is 0. The van der Waals surface area contributed by atoms with E-state index in [0.717, 1.165) is 35.5 Å². The van der Waals surface area contributed by atoms with Crippen LogP contribution in [0.4, 0.5) is 0 Å². The third kappa shape index (κ3) is 3.59. The van der Waals surface area contributed by atoms with Crippen molar-refractivity contribution in [2.45, 2.75) is 58.0 Å². The molecule has 1 aliphatic rings. The fourth-order valence-corrected chi connectivity index (χ4v) is 4.42. The minimum atomic E-state index is 0.244. The fraction of sp³-hybridized carbons (Fsp3) is 0.500. The zero-order valence-electron chi connectivity index (χ0n) is 15.1. The minimum absolute atomic E-state index is 0.244. The van der Waals surface area contributed by atoms with Crippen molar-refractivity contribution >= 4 is 28.6 Å². The van der Waals surface area contributed by atoms with Crippen LogP contribution in [0.5, 0.6) is 0 Å². The number of piperidine rings is 1. The molecular weight excluding hydrogens is 316 g/mol. The molecule has 128 valence electrons. The Labute approximate surface area is 148 Å². The van der Waals surface area contributed by atoms with Crippen LogP contribution in [0.3, 0.4) is 0 Å². The van der Waals surface area contributed by atoms with Crippen LogP contribution in [-0.4, -0.2) is 34.1 Å². The van der Waals surface area contributed by atoms with Gasteiger partial charge in [0.25, 0.3) is 0 Å². The molecule has 1 fully saturated rings. The van der Waals surface area contributed by atoms with Crippen LogP contribution in [0, 0.1) is 20.8 Å². The van der Waals surface area contributed by atoms with Crippen LogP contribution < -0.4 is 0 Å². The summed E-state index contributed by atoms with van der Waals surface area (Å²) in [6.45, 7) is 9.38. The van der Waals surface area contributed by atoms with Crippen LogP contribution in [0.15, 0.2) is 23.2 Å². The Hall–Kier alpha value is -1.55. The molecule has 3 nitrogen and oxygen atoms in total. The molecule has 0 bridgehead atoms. The largest absolute Gasteiger partial charge is 0.339 e. The number of rotatable bonds is 3. The Morgan fingerprint density at radius 1 is 1.21 bits per heavy atom. The van der Waals surface area contributed by atoms with Gasteiger partial charge in [-0.05, 0) is 75.8 Å². The molecule has 3 rings (SSSR count). The van der Waals surface area contributed by atoms with Crippen LogP contribution >= 0.6 is 11.8 Å². The van der Waals surface area contributed by atoms with E-state index in [1.807, 2.05) is 4.90 Å². The van der Waals surface area contributed by atoms with Gasteiger partial charge in [0.05, 0.1) is 11.3 Å². The minimum Gasteiger partial charge on any atom is -0.339 e. The van der Waals surface area contributed by atoms with Crippen LogP contribution in [0.1, 0.15) is 42.9 Å². The molecule has 0 aliphatic carbocycles. The first kappa shape index (κ1) is 17.3. The number of benzene rings is 1. The van der Waals surface area contributed by atoms with Crippen LogP contribution in [-0.2, 0) is 4.79 Å². The van der Waals surface area contributed by atoms with Gasteiger partial charge < -0.3 is 4.90 Å². The molecule has 1 unspecified atom stereocenters. The van der Waals surface area contributed by atoms with E-state index in [9.17, 15) is 4.79 Å². The van der Waals surface area contributed by atoms with Gasteiger partial charge in [-0.1, -0.05) is 17.8 Å². The molecule has 4 heteroatoms. The van der Waals surface area contributed by atoms with Crippen LogP contribution in [0.2, 0.25) is 0 Å². The van der Waals surface area contributed by atoms with Gasteiger partial charge in [0.1, 0.15) is 5.03 Å². The number of pyridine rings is 1. The highest BCUT2D eigenvalue weighted by Crippen LogP contribution is 2.28. The maximum atomic E-state index is 12.5. The number of aromatic nitrogens is 1. The van der Waals surface area contributed by atoms with Crippen molar-refractivity contribution in [2.24, 2.45) is 0 Å². The SMILES string of the molecule is Cc1cc(C)c2cc(C)c(SCC(=O)N3CCCCC3C)nc2c1. The van der Waals surface area contributed by atoms with Gasteiger partial charge in [-0.2, -0.15) is 0 Å². The van der Waals surface area contributed by atoms with E-state index in [2.05, 4.69) is 45.9 Å². The number of thioether (sulfide) groups is 1. The molecule has 0 N–H and O–H groups in total. The summed E-state index contributed by atoms with van der Waals surface area (Å²) in [5, 5.41) is 2.18. The zero-order valence-corrected chi connectivity index (χ0v) is 15.9. The molecule has 1 aromatic heterocycles. The molecule has 1 aromatic carbocycles. The number of fused-ring (bicyclic) bond motifs is 1. The molecule has 0 spiro atoms. The maximum Gasteiger partial charge on any atom is 0.233 e. The smallest absolute Gasteiger partial charge is 0.233 e. The van der Waals surface area contributed by atoms with E-state index in [1.54, 1.807) is 11.8 Å². The van der Waals surface area contributed by atoms with Crippen LogP contribution in [0.25, 0.3) is 10.9 Å². The van der Waals surface area contributed by atoms with Gasteiger partial charge >= 0.3 is 0 Å². The third-order valence-electron chi connectivity index (χ3n) is 4.89. The predicted octanol–water partition coefficient (Wildman–Crippen LogP) is 4.65. The van der Waals surface area contributed by atoms with E-state index >= 15 is 0 Å². The summed E-state index contributed by atoms with van der Waals surface area (Å²) in [5.41, 5.74) is 4.67. The standard InChI is InChI=1S/C20H26N2OS/c1-13-9-14(2)17-11-15(3)20(21-18(17)10-13)24-12-19(23)22-8-6-5-7-16(22)4/h9-11,16H,5-8,12H2,1-4H3. The first-order chi connectivity index (χ1) is 11.5. The molecular formula is C20H26N2OS. The van der Waals surface area contributed by atoms with Gasteiger partial charge in [0, 0.05) is 18.0 Å². The Balaban J connectivity index is 1.77. The van der Waals surface area contributed by atoms with Gasteiger partial charge in [0.15, 0.2) is 0 Å². The summed E-state index contributed by atoms with van der Waals surface area (Å²) in [6.07, 6.45) is 3.50. The van der Waals surface area contributed by atoms with Gasteiger partial charge in [0.2, 0.25) is 5.91 Å². The van der Waals surface area contributed by atoms with Gasteiger partial charge in [-0.15, -0.1) is 0 Å². The van der Waals surface area contributed by atoms with E-state index in [-0.39, 0.29) is 5.91 Å². The summed E-state index contributed by atoms with van der Waals surface area (Å²) >= 11 is 1.58. The number of hydrogen-bond acceptors (Lipinski definition) is 3. The normalized spacial score (nSPS) is 18.2. The first-order valence-electron chi connectivity index (χ1n) is 8.76. The van der Waals surface area contributed by atoms with E-state index in [4.69, 9.17) is 4.98 Å². The first-order valence-corrected chi connectivity index (χ1v) is 9.75. The topological polar surface area (TPSA) is 33.2 Å². The summed E-state index contributed by atoms with van der Waals surface area (Å²) in [7, 11) is 0. The number of nitrogens with zero attached hydrogens (tertiary/aromatic N) is 2. The summed E-state index contributed by atoms with van der Waals surface area (Å²) in [5.74, 6) is 0.725. The van der Waals surface area contributed by atoms with Gasteiger partial charge in [-0.3, -0.25) is 4.79 Å². The second-order valence-electron chi connectivity index (χ2n) is 6.98. The van der Waals surface area contributed by atoms with Crippen molar-refractivity contribution in [3.8, 4) is 0 Å². The molecule has 1 aliphatic heterocycles. The average Bonchev–Trinajstić information content (AvgIpc) is 2.54. The Kier molecular flexibility index (Phi) is 5.14. The molecule has 0 radical (unpaired) electrons. The highest BCUT2D eigenvalue weighted by atomic mass is 32.2. The highest BCUT2D eigenvalue weighted by molar-refractivity contribution is 7.99. The lowest BCUT2D eigenvalue weighted by atomic mass is 10.0. The Morgan fingerprint density at radius 2 is 2.00 bits per heavy atom.